The summed E-state index contributed by atoms with van der Waals surface area (Å²) in [5.74, 6) is 0. The predicted octanol–water partition coefficient (Wildman–Crippen LogP) is 8.45. The zero-order valence-corrected chi connectivity index (χ0v) is 34.5. The lowest BCUT2D eigenvalue weighted by Gasteiger charge is -2.30. The van der Waals surface area contributed by atoms with Gasteiger partial charge in [0.1, 0.15) is 0 Å². The highest BCUT2D eigenvalue weighted by molar-refractivity contribution is 7.05. The smallest absolute Gasteiger partial charge is 0.244 e. The molecule has 0 spiro atoms. The topological polar surface area (TPSA) is 4.93 Å². The SMILES string of the molecule is Cc1c(C)c(C)c(B2c3ccccc3B(c3c(C)c(C)c(C)c(C)c3C)c3cccc4c5c(C)c(C)c(C)c(C)c5n(c34)-c3ccccc32)c(C)c1C. The second kappa shape index (κ2) is 12.4. The minimum absolute atomic E-state index is 0.0313. The Labute approximate surface area is 318 Å². The third-order valence-electron chi connectivity index (χ3n) is 14.5. The van der Waals surface area contributed by atoms with E-state index in [0.29, 0.717) is 0 Å². The monoisotopic (exact) mass is 689 g/mol. The molecule has 0 N–H and O–H groups in total. The number of aromatic nitrogens is 1. The quantitative estimate of drug-likeness (QED) is 0.161. The predicted molar refractivity (Wildman–Crippen MR) is 236 cm³/mol. The lowest BCUT2D eigenvalue weighted by atomic mass is 9.27. The fraction of sp³-hybridized carbons (Fsp3) is 0.280. The highest BCUT2D eigenvalue weighted by atomic mass is 15.0. The van der Waals surface area contributed by atoms with E-state index in [1.165, 1.54) is 138 Å². The van der Waals surface area contributed by atoms with Crippen molar-refractivity contribution in [2.24, 2.45) is 0 Å². The molecule has 1 aliphatic rings. The molecule has 53 heavy (non-hydrogen) atoms. The Bertz CT molecular complexity index is 2660. The molecule has 0 bridgehead atoms. The van der Waals surface area contributed by atoms with Gasteiger partial charge in [0.25, 0.3) is 0 Å². The number of nitrogens with zero attached hydrogens (tertiary/aromatic N) is 1. The molecule has 8 rings (SSSR count). The third-order valence-corrected chi connectivity index (χ3v) is 14.5. The van der Waals surface area contributed by atoms with Crippen LogP contribution in [0.4, 0.5) is 0 Å². The number of aryl methyl sites for hydroxylation is 2. The second-order valence-electron chi connectivity index (χ2n) is 16.4. The summed E-state index contributed by atoms with van der Waals surface area (Å²) in [5, 5.41) is 2.74. The number of hydrogen-bond acceptors (Lipinski definition) is 0. The van der Waals surface area contributed by atoms with Crippen molar-refractivity contribution in [2.45, 2.75) is 96.9 Å². The highest BCUT2D eigenvalue weighted by Crippen LogP contribution is 2.39. The van der Waals surface area contributed by atoms with Gasteiger partial charge in [0.05, 0.1) is 5.52 Å². The fourth-order valence-corrected chi connectivity index (χ4v) is 10.4. The summed E-state index contributed by atoms with van der Waals surface area (Å²) in [6, 6.07) is 26.0. The Hall–Kier alpha value is -4.75. The molecule has 0 unspecified atom stereocenters. The van der Waals surface area contributed by atoms with Gasteiger partial charge >= 0.3 is 0 Å². The van der Waals surface area contributed by atoms with Crippen molar-refractivity contribution in [2.75, 3.05) is 0 Å². The van der Waals surface area contributed by atoms with Crippen LogP contribution in [0.2, 0.25) is 0 Å². The Morgan fingerprint density at radius 1 is 0.321 bits per heavy atom. The van der Waals surface area contributed by atoms with E-state index in [2.05, 4.69) is 168 Å². The summed E-state index contributed by atoms with van der Waals surface area (Å²) in [4.78, 5) is 0. The van der Waals surface area contributed by atoms with Crippen LogP contribution < -0.4 is 32.8 Å². The van der Waals surface area contributed by atoms with Crippen LogP contribution >= 0.6 is 0 Å². The largest absolute Gasteiger partial charge is 0.310 e. The molecule has 0 fully saturated rings. The van der Waals surface area contributed by atoms with Crippen molar-refractivity contribution in [1.29, 1.82) is 0 Å². The van der Waals surface area contributed by atoms with Gasteiger partial charge in [0.2, 0.25) is 13.4 Å². The lowest BCUT2D eigenvalue weighted by molar-refractivity contribution is 1.16. The zero-order chi connectivity index (χ0) is 37.9. The van der Waals surface area contributed by atoms with Gasteiger partial charge in [-0.25, -0.2) is 0 Å². The van der Waals surface area contributed by atoms with Crippen molar-refractivity contribution in [3.8, 4) is 5.69 Å². The van der Waals surface area contributed by atoms with Crippen molar-refractivity contribution in [3.05, 3.63) is 145 Å². The molecular formula is C50H53B2N. The first kappa shape index (κ1) is 35.3. The number of para-hydroxylation sites is 2. The van der Waals surface area contributed by atoms with E-state index in [-0.39, 0.29) is 13.4 Å². The van der Waals surface area contributed by atoms with Crippen LogP contribution in [0.1, 0.15) is 77.9 Å². The number of hydrogen-bond donors (Lipinski definition) is 0. The average molecular weight is 690 g/mol. The molecule has 7 aromatic rings. The minimum Gasteiger partial charge on any atom is -0.310 e. The highest BCUT2D eigenvalue weighted by Gasteiger charge is 2.39. The summed E-state index contributed by atoms with van der Waals surface area (Å²) in [5.41, 5.74) is 32.0. The zero-order valence-electron chi connectivity index (χ0n) is 34.5. The first-order valence-electron chi connectivity index (χ1n) is 19.6. The molecule has 1 nitrogen and oxygen atoms in total. The molecule has 0 atom stereocenters. The molecule has 0 aliphatic carbocycles. The van der Waals surface area contributed by atoms with Gasteiger partial charge in [-0.2, -0.15) is 0 Å². The molecule has 264 valence electrons. The van der Waals surface area contributed by atoms with E-state index in [9.17, 15) is 0 Å². The Morgan fingerprint density at radius 3 is 1.21 bits per heavy atom. The van der Waals surface area contributed by atoms with Crippen molar-refractivity contribution in [3.63, 3.8) is 0 Å². The van der Waals surface area contributed by atoms with E-state index in [1.54, 1.807) is 0 Å². The summed E-state index contributed by atoms with van der Waals surface area (Å²) in [6.07, 6.45) is 0. The van der Waals surface area contributed by atoms with Crippen molar-refractivity contribution < 1.29 is 0 Å². The molecule has 0 amide bonds. The van der Waals surface area contributed by atoms with Crippen LogP contribution in [0.5, 0.6) is 0 Å². The Morgan fingerprint density at radius 2 is 0.698 bits per heavy atom. The maximum Gasteiger partial charge on any atom is 0.244 e. The van der Waals surface area contributed by atoms with Crippen LogP contribution in [-0.4, -0.2) is 18.0 Å². The summed E-state index contributed by atoms with van der Waals surface area (Å²) in [7, 11) is 0. The van der Waals surface area contributed by atoms with Crippen LogP contribution in [0.25, 0.3) is 27.5 Å². The fourth-order valence-electron chi connectivity index (χ4n) is 10.4. The Balaban J connectivity index is 1.71. The number of fused-ring (bicyclic) bond motifs is 6. The molecule has 0 radical (unpaired) electrons. The van der Waals surface area contributed by atoms with Gasteiger partial charge in [-0.3, -0.25) is 0 Å². The van der Waals surface area contributed by atoms with Gasteiger partial charge in [-0.05, 0) is 170 Å². The Kier molecular flexibility index (Phi) is 8.26. The van der Waals surface area contributed by atoms with Crippen LogP contribution in [0.3, 0.4) is 0 Å². The second-order valence-corrected chi connectivity index (χ2v) is 16.4. The van der Waals surface area contributed by atoms with E-state index in [0.717, 1.165) is 0 Å². The maximum absolute atomic E-state index is 2.70. The summed E-state index contributed by atoms with van der Waals surface area (Å²) < 4.78 is 2.70. The van der Waals surface area contributed by atoms with Crippen molar-refractivity contribution in [1.82, 2.24) is 4.57 Å². The van der Waals surface area contributed by atoms with E-state index in [4.69, 9.17) is 0 Å². The standard InChI is InChI=1S/C50H53B2N/c1-26-29(4)35(10)47(36(11)30(26)5)51-41-21-15-16-22-42(41)52(48-37(12)31(6)27(2)32(7)38(48)13)44-24-19-20-40-46-34(9)28(3)33(8)39(14)49(46)53(50(40)44)45-25-18-17-23-43(45)51/h15-25H,1-14H3. The lowest BCUT2D eigenvalue weighted by Crippen LogP contribution is -2.66. The summed E-state index contributed by atoms with van der Waals surface area (Å²) in [6.45, 7) is 32.8. The normalized spacial score (nSPS) is 12.6. The van der Waals surface area contributed by atoms with Gasteiger partial charge in [0.15, 0.2) is 0 Å². The molecule has 0 saturated heterocycles. The van der Waals surface area contributed by atoms with Gasteiger partial charge < -0.3 is 4.57 Å². The molecule has 1 aliphatic heterocycles. The van der Waals surface area contributed by atoms with Gasteiger partial charge in [0, 0.05) is 22.0 Å². The number of rotatable bonds is 2. The molecule has 2 heterocycles. The average Bonchev–Trinajstić information content (AvgIpc) is 3.53. The van der Waals surface area contributed by atoms with E-state index < -0.39 is 0 Å². The van der Waals surface area contributed by atoms with E-state index in [1.807, 2.05) is 0 Å². The van der Waals surface area contributed by atoms with Gasteiger partial charge in [-0.1, -0.05) is 105 Å². The molecule has 1 aromatic heterocycles. The molecule has 3 heteroatoms. The number of benzene rings is 6. The third kappa shape index (κ3) is 4.71. The van der Waals surface area contributed by atoms with Crippen LogP contribution in [-0.2, 0) is 0 Å². The first-order chi connectivity index (χ1) is 25.2. The molecule has 6 aromatic carbocycles. The van der Waals surface area contributed by atoms with E-state index >= 15 is 0 Å². The summed E-state index contributed by atoms with van der Waals surface area (Å²) >= 11 is 0. The first-order valence-corrected chi connectivity index (χ1v) is 19.6. The minimum atomic E-state index is 0.0313. The molecular weight excluding hydrogens is 636 g/mol. The van der Waals surface area contributed by atoms with Gasteiger partial charge in [-0.15, -0.1) is 0 Å². The van der Waals surface area contributed by atoms with Crippen LogP contribution in [0, 0.1) is 96.9 Å². The van der Waals surface area contributed by atoms with Crippen molar-refractivity contribution >= 4 is 68.0 Å². The van der Waals surface area contributed by atoms with Crippen LogP contribution in [0.15, 0.2) is 66.7 Å². The maximum atomic E-state index is 2.70. The molecule has 0 saturated carbocycles.